The van der Waals surface area contributed by atoms with Crippen molar-refractivity contribution in [1.82, 2.24) is 24.2 Å². The lowest BCUT2D eigenvalue weighted by atomic mass is 10.0. The van der Waals surface area contributed by atoms with Crippen molar-refractivity contribution < 1.29 is 26.4 Å². The van der Waals surface area contributed by atoms with E-state index in [0.29, 0.717) is 12.2 Å². The SMILES string of the molecule is CN(C)Cc1nccn1-c1ccc(N2CCc3c(C(F)(F)F)nn(-c4ccccc4S(N)(=O)=O)c3C2=O)cc1. The fraction of sp³-hybridized carbons (Fsp3) is 0.240. The number of alkyl halides is 3. The van der Waals surface area contributed by atoms with Crippen molar-refractivity contribution >= 4 is 21.6 Å². The minimum Gasteiger partial charge on any atom is -0.307 e. The molecule has 0 aliphatic carbocycles. The highest BCUT2D eigenvalue weighted by Crippen LogP contribution is 2.38. The number of carbonyl (C=O) groups excluding carboxylic acids is 1. The van der Waals surface area contributed by atoms with E-state index < -0.39 is 32.7 Å². The van der Waals surface area contributed by atoms with Crippen LogP contribution in [-0.2, 0) is 29.2 Å². The summed E-state index contributed by atoms with van der Waals surface area (Å²) in [5.74, 6) is 0.0655. The first-order valence-corrected chi connectivity index (χ1v) is 13.3. The third-order valence-electron chi connectivity index (χ3n) is 6.30. The van der Waals surface area contributed by atoms with Crippen LogP contribution in [0.15, 0.2) is 65.8 Å². The van der Waals surface area contributed by atoms with Gasteiger partial charge in [-0.25, -0.2) is 23.2 Å². The van der Waals surface area contributed by atoms with Crippen LogP contribution in [0, 0.1) is 0 Å². The summed E-state index contributed by atoms with van der Waals surface area (Å²) in [7, 11) is -0.482. The Bertz CT molecular complexity index is 1660. The first-order valence-electron chi connectivity index (χ1n) is 11.8. The highest BCUT2D eigenvalue weighted by Gasteiger charge is 2.43. The number of anilines is 1. The van der Waals surface area contributed by atoms with Crippen LogP contribution in [0.1, 0.15) is 27.6 Å². The number of nitrogens with two attached hydrogens (primary N) is 1. The molecule has 1 amide bonds. The largest absolute Gasteiger partial charge is 0.435 e. The number of para-hydroxylation sites is 1. The number of halogens is 3. The van der Waals surface area contributed by atoms with E-state index in [9.17, 15) is 26.4 Å². The molecule has 204 valence electrons. The van der Waals surface area contributed by atoms with Gasteiger partial charge in [0.1, 0.15) is 16.4 Å². The molecule has 0 spiro atoms. The summed E-state index contributed by atoms with van der Waals surface area (Å²) in [5, 5.41) is 8.99. The molecule has 1 aliphatic rings. The predicted molar refractivity (Wildman–Crippen MR) is 136 cm³/mol. The Balaban J connectivity index is 1.57. The van der Waals surface area contributed by atoms with Crippen molar-refractivity contribution in [1.29, 1.82) is 0 Å². The van der Waals surface area contributed by atoms with Crippen LogP contribution in [0.4, 0.5) is 18.9 Å². The number of hydrogen-bond donors (Lipinski definition) is 1. The number of fused-ring (bicyclic) bond motifs is 1. The van der Waals surface area contributed by atoms with Gasteiger partial charge in [0.25, 0.3) is 5.91 Å². The molecule has 2 N–H and O–H groups in total. The zero-order valence-corrected chi connectivity index (χ0v) is 21.7. The first kappa shape index (κ1) is 26.6. The minimum atomic E-state index is -4.86. The van der Waals surface area contributed by atoms with E-state index in [0.717, 1.165) is 22.3 Å². The van der Waals surface area contributed by atoms with Crippen molar-refractivity contribution in [2.24, 2.45) is 5.14 Å². The number of carbonyl (C=O) groups is 1. The number of benzene rings is 2. The lowest BCUT2D eigenvalue weighted by molar-refractivity contribution is -0.141. The third kappa shape index (κ3) is 4.93. The van der Waals surface area contributed by atoms with Gasteiger partial charge in [0.15, 0.2) is 5.69 Å². The molecule has 0 saturated heterocycles. The second-order valence-electron chi connectivity index (χ2n) is 9.27. The topological polar surface area (TPSA) is 119 Å². The number of aromatic nitrogens is 4. The Labute approximate surface area is 222 Å². The zero-order valence-electron chi connectivity index (χ0n) is 20.9. The molecule has 5 rings (SSSR count). The van der Waals surface area contributed by atoms with Crippen LogP contribution >= 0.6 is 0 Å². The van der Waals surface area contributed by atoms with Crippen molar-refractivity contribution in [3.05, 3.63) is 83.7 Å². The zero-order chi connectivity index (χ0) is 28.1. The Morgan fingerprint density at radius 1 is 1.05 bits per heavy atom. The molecule has 0 saturated carbocycles. The fourth-order valence-corrected chi connectivity index (χ4v) is 5.36. The summed E-state index contributed by atoms with van der Waals surface area (Å²) < 4.78 is 68.8. The number of hydrogen-bond acceptors (Lipinski definition) is 6. The maximum atomic E-state index is 13.9. The van der Waals surface area contributed by atoms with Gasteiger partial charge in [-0.2, -0.15) is 18.3 Å². The molecule has 0 atom stereocenters. The van der Waals surface area contributed by atoms with E-state index in [1.54, 1.807) is 30.5 Å². The van der Waals surface area contributed by atoms with Gasteiger partial charge in [0, 0.05) is 35.9 Å². The van der Waals surface area contributed by atoms with Crippen molar-refractivity contribution in [2.75, 3.05) is 25.5 Å². The van der Waals surface area contributed by atoms with E-state index in [1.807, 2.05) is 29.8 Å². The van der Waals surface area contributed by atoms with Crippen LogP contribution in [0.3, 0.4) is 0 Å². The Hall–Kier alpha value is -4.01. The molecule has 4 aromatic rings. The smallest absolute Gasteiger partial charge is 0.307 e. The molecule has 10 nitrogen and oxygen atoms in total. The van der Waals surface area contributed by atoms with Gasteiger partial charge < -0.3 is 14.4 Å². The number of imidazole rings is 1. The molecule has 0 unspecified atom stereocenters. The number of nitrogens with zero attached hydrogens (tertiary/aromatic N) is 6. The molecule has 0 radical (unpaired) electrons. The summed E-state index contributed by atoms with van der Waals surface area (Å²) in [5.41, 5.74) is -0.883. The van der Waals surface area contributed by atoms with Crippen molar-refractivity contribution in [3.8, 4) is 11.4 Å². The summed E-state index contributed by atoms with van der Waals surface area (Å²) in [4.78, 5) is 20.9. The second-order valence-corrected chi connectivity index (χ2v) is 10.8. The van der Waals surface area contributed by atoms with Crippen LogP contribution in [0.25, 0.3) is 11.4 Å². The predicted octanol–water partition coefficient (Wildman–Crippen LogP) is 2.99. The van der Waals surface area contributed by atoms with Gasteiger partial charge in [-0.15, -0.1) is 0 Å². The minimum absolute atomic E-state index is 0.0201. The van der Waals surface area contributed by atoms with Gasteiger partial charge in [-0.3, -0.25) is 4.79 Å². The molecule has 2 aromatic carbocycles. The van der Waals surface area contributed by atoms with Crippen LogP contribution in [-0.4, -0.2) is 59.2 Å². The molecule has 1 aliphatic heterocycles. The normalized spacial score (nSPS) is 14.2. The lowest BCUT2D eigenvalue weighted by Gasteiger charge is -2.28. The molecule has 14 heteroatoms. The van der Waals surface area contributed by atoms with Crippen LogP contribution in [0.5, 0.6) is 0 Å². The summed E-state index contributed by atoms with van der Waals surface area (Å²) in [6.45, 7) is 0.585. The van der Waals surface area contributed by atoms with E-state index in [2.05, 4.69) is 10.1 Å². The summed E-state index contributed by atoms with van der Waals surface area (Å²) >= 11 is 0. The lowest BCUT2D eigenvalue weighted by Crippen LogP contribution is -2.39. The fourth-order valence-electron chi connectivity index (χ4n) is 4.64. The summed E-state index contributed by atoms with van der Waals surface area (Å²) in [6.07, 6.45) is -1.50. The van der Waals surface area contributed by atoms with Gasteiger partial charge in [-0.05, 0) is 56.9 Å². The molecule has 0 bridgehead atoms. The number of primary sulfonamides is 1. The Morgan fingerprint density at radius 3 is 2.36 bits per heavy atom. The van der Waals surface area contributed by atoms with Gasteiger partial charge in [-0.1, -0.05) is 12.1 Å². The number of amides is 1. The molecule has 2 aromatic heterocycles. The standard InChI is InChI=1S/C25H24F3N7O3S/c1-32(2)15-21-30-12-14-33(21)16-7-9-17(10-8-16)34-13-11-18-22(24(34)36)35(31-23(18)25(26,27)28)19-5-3-4-6-20(19)39(29,37)38/h3-10,12,14H,11,13,15H2,1-2H3,(H2,29,37,38). The van der Waals surface area contributed by atoms with E-state index >= 15 is 0 Å². The van der Waals surface area contributed by atoms with Gasteiger partial charge in [0.2, 0.25) is 10.0 Å². The Kier molecular flexibility index (Phi) is 6.56. The maximum Gasteiger partial charge on any atom is 0.435 e. The number of rotatable bonds is 6. The molecule has 3 heterocycles. The Morgan fingerprint density at radius 2 is 1.72 bits per heavy atom. The number of sulfonamides is 1. The monoisotopic (exact) mass is 559 g/mol. The van der Waals surface area contributed by atoms with E-state index in [-0.39, 0.29) is 29.9 Å². The molecule has 0 fully saturated rings. The quantitative estimate of drug-likeness (QED) is 0.388. The first-order chi connectivity index (χ1) is 18.4. The van der Waals surface area contributed by atoms with E-state index in [1.165, 1.54) is 23.1 Å². The molecule has 39 heavy (non-hydrogen) atoms. The van der Waals surface area contributed by atoms with Gasteiger partial charge in [0.05, 0.1) is 12.2 Å². The molecular weight excluding hydrogens is 535 g/mol. The van der Waals surface area contributed by atoms with Crippen LogP contribution in [0.2, 0.25) is 0 Å². The van der Waals surface area contributed by atoms with Gasteiger partial charge >= 0.3 is 6.18 Å². The van der Waals surface area contributed by atoms with E-state index in [4.69, 9.17) is 5.14 Å². The molecular formula is C25H24F3N7O3S. The second kappa shape index (κ2) is 9.63. The average molecular weight is 560 g/mol. The average Bonchev–Trinajstić information content (AvgIpc) is 3.49. The van der Waals surface area contributed by atoms with Crippen molar-refractivity contribution in [2.45, 2.75) is 24.0 Å². The third-order valence-corrected chi connectivity index (χ3v) is 7.26. The highest BCUT2D eigenvalue weighted by atomic mass is 32.2. The van der Waals surface area contributed by atoms with Crippen LogP contribution < -0.4 is 10.0 Å². The summed E-state index contributed by atoms with van der Waals surface area (Å²) in [6, 6.07) is 12.2. The highest BCUT2D eigenvalue weighted by molar-refractivity contribution is 7.89. The maximum absolute atomic E-state index is 13.9. The van der Waals surface area contributed by atoms with Crippen molar-refractivity contribution in [3.63, 3.8) is 0 Å².